The summed E-state index contributed by atoms with van der Waals surface area (Å²) in [5.74, 6) is -1.91. The highest BCUT2D eigenvalue weighted by Gasteiger charge is 2.40. The first-order valence-electron chi connectivity index (χ1n) is 6.45. The number of nitrogens with one attached hydrogen (secondary N) is 2. The second kappa shape index (κ2) is 5.58. The van der Waals surface area contributed by atoms with Crippen LogP contribution in [-0.2, 0) is 9.59 Å². The molecule has 0 saturated heterocycles. The van der Waals surface area contributed by atoms with Crippen LogP contribution in [0.25, 0.3) is 0 Å². The maximum absolute atomic E-state index is 12.7. The Morgan fingerprint density at radius 2 is 1.90 bits per heavy atom. The fourth-order valence-corrected chi connectivity index (χ4v) is 1.91. The quantitative estimate of drug-likeness (QED) is 0.721. The Morgan fingerprint density at radius 1 is 1.30 bits per heavy atom. The van der Waals surface area contributed by atoms with Gasteiger partial charge in [-0.3, -0.25) is 9.59 Å². The number of hydrogen-bond donors (Lipinski definition) is 3. The van der Waals surface area contributed by atoms with Gasteiger partial charge in [-0.05, 0) is 49.9 Å². The van der Waals surface area contributed by atoms with Gasteiger partial charge in [-0.2, -0.15) is 0 Å². The lowest BCUT2D eigenvalue weighted by Crippen LogP contribution is -2.45. The predicted molar refractivity (Wildman–Crippen MR) is 71.4 cm³/mol. The molecular weight excluding hydrogens is 263 g/mol. The highest BCUT2D eigenvalue weighted by molar-refractivity contribution is 6.39. The number of carbonyl (C=O) groups excluding carboxylic acids is 2. The third kappa shape index (κ3) is 3.77. The first-order chi connectivity index (χ1) is 9.38. The Morgan fingerprint density at radius 3 is 2.45 bits per heavy atom. The minimum atomic E-state index is -0.980. The van der Waals surface area contributed by atoms with E-state index in [4.69, 9.17) is 0 Å². The van der Waals surface area contributed by atoms with E-state index in [0.717, 1.165) is 12.8 Å². The van der Waals surface area contributed by atoms with Crippen molar-refractivity contribution in [1.82, 2.24) is 5.32 Å². The van der Waals surface area contributed by atoms with E-state index in [1.165, 1.54) is 24.3 Å². The number of benzene rings is 1. The largest absolute Gasteiger partial charge is 0.388 e. The number of aliphatic hydroxyl groups is 1. The summed E-state index contributed by atoms with van der Waals surface area (Å²) < 4.78 is 12.7. The number of hydrogen-bond acceptors (Lipinski definition) is 3. The van der Waals surface area contributed by atoms with Gasteiger partial charge in [-0.25, -0.2) is 4.39 Å². The van der Waals surface area contributed by atoms with Crippen molar-refractivity contribution in [1.29, 1.82) is 0 Å². The first-order valence-corrected chi connectivity index (χ1v) is 6.45. The lowest BCUT2D eigenvalue weighted by molar-refractivity contribution is -0.136. The molecule has 20 heavy (non-hydrogen) atoms. The van der Waals surface area contributed by atoms with Crippen LogP contribution in [0.15, 0.2) is 24.3 Å². The highest BCUT2D eigenvalue weighted by Crippen LogP contribution is 2.38. The van der Waals surface area contributed by atoms with Crippen LogP contribution in [0.4, 0.5) is 10.1 Å². The van der Waals surface area contributed by atoms with E-state index >= 15 is 0 Å². The molecule has 1 aliphatic carbocycles. The van der Waals surface area contributed by atoms with Crippen molar-refractivity contribution in [2.75, 3.05) is 11.9 Å². The van der Waals surface area contributed by atoms with Crippen LogP contribution in [-0.4, -0.2) is 29.1 Å². The molecule has 1 aromatic rings. The minimum Gasteiger partial charge on any atom is -0.388 e. The Bertz CT molecular complexity index is 510. The summed E-state index contributed by atoms with van der Waals surface area (Å²) in [6.45, 7) is 1.68. The summed E-state index contributed by atoms with van der Waals surface area (Å²) in [5, 5.41) is 14.8. The van der Waals surface area contributed by atoms with Crippen molar-refractivity contribution >= 4 is 17.5 Å². The van der Waals surface area contributed by atoms with Crippen LogP contribution in [0.3, 0.4) is 0 Å². The summed E-state index contributed by atoms with van der Waals surface area (Å²) in [7, 11) is 0. The molecule has 108 valence electrons. The highest BCUT2D eigenvalue weighted by atomic mass is 19.1. The SMILES string of the molecule is C[C@](O)(CNC(=O)C(=O)Nc1ccc(F)cc1)C1CC1. The number of carbonyl (C=O) groups is 2. The average Bonchev–Trinajstić information content (AvgIpc) is 3.23. The van der Waals surface area contributed by atoms with Gasteiger partial charge in [0.25, 0.3) is 0 Å². The monoisotopic (exact) mass is 280 g/mol. The van der Waals surface area contributed by atoms with Crippen LogP contribution in [0, 0.1) is 11.7 Å². The van der Waals surface area contributed by atoms with Crippen LogP contribution < -0.4 is 10.6 Å². The molecule has 0 radical (unpaired) electrons. The molecule has 5 nitrogen and oxygen atoms in total. The van der Waals surface area contributed by atoms with Crippen LogP contribution >= 0.6 is 0 Å². The van der Waals surface area contributed by atoms with Gasteiger partial charge in [0.15, 0.2) is 0 Å². The zero-order chi connectivity index (χ0) is 14.8. The molecule has 0 aliphatic heterocycles. The van der Waals surface area contributed by atoms with E-state index < -0.39 is 23.2 Å². The first kappa shape index (κ1) is 14.5. The smallest absolute Gasteiger partial charge is 0.313 e. The molecule has 1 atom stereocenters. The Balaban J connectivity index is 1.82. The van der Waals surface area contributed by atoms with Gasteiger partial charge < -0.3 is 15.7 Å². The van der Waals surface area contributed by atoms with Crippen molar-refractivity contribution in [3.05, 3.63) is 30.1 Å². The summed E-state index contributed by atoms with van der Waals surface area (Å²) in [6, 6.07) is 5.10. The van der Waals surface area contributed by atoms with E-state index in [2.05, 4.69) is 10.6 Å². The van der Waals surface area contributed by atoms with E-state index in [1.807, 2.05) is 0 Å². The second-order valence-corrected chi connectivity index (χ2v) is 5.28. The van der Waals surface area contributed by atoms with Crippen molar-refractivity contribution in [3.63, 3.8) is 0 Å². The summed E-state index contributed by atoms with van der Waals surface area (Å²) in [6.07, 6.45) is 1.87. The number of halogens is 1. The molecule has 6 heteroatoms. The normalized spacial score (nSPS) is 17.1. The fourth-order valence-electron chi connectivity index (χ4n) is 1.91. The topological polar surface area (TPSA) is 78.4 Å². The maximum Gasteiger partial charge on any atom is 0.313 e. The summed E-state index contributed by atoms with van der Waals surface area (Å²) in [5.41, 5.74) is -0.647. The number of amides is 2. The second-order valence-electron chi connectivity index (χ2n) is 5.28. The summed E-state index contributed by atoms with van der Waals surface area (Å²) >= 11 is 0. The zero-order valence-electron chi connectivity index (χ0n) is 11.1. The molecule has 2 rings (SSSR count). The van der Waals surface area contributed by atoms with Gasteiger partial charge in [0.05, 0.1) is 5.60 Å². The average molecular weight is 280 g/mol. The molecule has 0 heterocycles. The van der Waals surface area contributed by atoms with Crippen LogP contribution in [0.5, 0.6) is 0 Å². The van der Waals surface area contributed by atoms with Crippen molar-refractivity contribution < 1.29 is 19.1 Å². The van der Waals surface area contributed by atoms with E-state index in [9.17, 15) is 19.1 Å². The lowest BCUT2D eigenvalue weighted by Gasteiger charge is -2.22. The fraction of sp³-hybridized carbons (Fsp3) is 0.429. The van der Waals surface area contributed by atoms with Crippen molar-refractivity contribution in [2.45, 2.75) is 25.4 Å². The molecule has 0 unspecified atom stereocenters. The third-order valence-electron chi connectivity index (χ3n) is 3.37. The molecule has 0 bridgehead atoms. The molecule has 1 saturated carbocycles. The minimum absolute atomic E-state index is 0.0351. The van der Waals surface area contributed by atoms with E-state index in [1.54, 1.807) is 6.92 Å². The van der Waals surface area contributed by atoms with Gasteiger partial charge in [0.2, 0.25) is 0 Å². The van der Waals surface area contributed by atoms with Gasteiger partial charge >= 0.3 is 11.8 Å². The van der Waals surface area contributed by atoms with Crippen molar-refractivity contribution in [2.24, 2.45) is 5.92 Å². The Hall–Kier alpha value is -1.95. The van der Waals surface area contributed by atoms with Crippen LogP contribution in [0.1, 0.15) is 19.8 Å². The van der Waals surface area contributed by atoms with Gasteiger partial charge in [0, 0.05) is 12.2 Å². The molecule has 1 fully saturated rings. The molecule has 1 aromatic carbocycles. The van der Waals surface area contributed by atoms with Crippen LogP contribution in [0.2, 0.25) is 0 Å². The maximum atomic E-state index is 12.7. The zero-order valence-corrected chi connectivity index (χ0v) is 11.1. The van der Waals surface area contributed by atoms with Gasteiger partial charge in [-0.15, -0.1) is 0 Å². The lowest BCUT2D eigenvalue weighted by atomic mass is 10.0. The van der Waals surface area contributed by atoms with E-state index in [-0.39, 0.29) is 12.5 Å². The predicted octanol–water partition coefficient (Wildman–Crippen LogP) is 1.04. The van der Waals surface area contributed by atoms with Gasteiger partial charge in [0.1, 0.15) is 5.82 Å². The molecule has 3 N–H and O–H groups in total. The molecule has 2 amide bonds. The number of anilines is 1. The standard InChI is InChI=1S/C14H17FN2O3/c1-14(20,9-2-3-9)8-16-12(18)13(19)17-11-6-4-10(15)5-7-11/h4-7,9,20H,2-3,8H2,1H3,(H,16,18)(H,17,19)/t14-/m0/s1. The summed E-state index contributed by atoms with van der Waals surface area (Å²) in [4.78, 5) is 23.2. The van der Waals surface area contributed by atoms with Crippen molar-refractivity contribution in [3.8, 4) is 0 Å². The Labute approximate surface area is 116 Å². The van der Waals surface area contributed by atoms with Gasteiger partial charge in [-0.1, -0.05) is 0 Å². The molecular formula is C14H17FN2O3. The molecule has 1 aliphatic rings. The number of rotatable bonds is 4. The molecule has 0 spiro atoms. The van der Waals surface area contributed by atoms with E-state index in [0.29, 0.717) is 5.69 Å². The Kier molecular flexibility index (Phi) is 4.04. The molecule has 0 aromatic heterocycles. The third-order valence-corrected chi connectivity index (χ3v) is 3.37.